The third kappa shape index (κ3) is 7.52. The van der Waals surface area contributed by atoms with Crippen LogP contribution in [0.25, 0.3) is 0 Å². The first-order valence-electron chi connectivity index (χ1n) is 7.17. The summed E-state index contributed by atoms with van der Waals surface area (Å²) in [5.74, 6) is -0.288. The average molecular weight is 318 g/mol. The van der Waals surface area contributed by atoms with E-state index in [1.807, 2.05) is 6.92 Å². The number of hydrogen-bond donors (Lipinski definition) is 0. The van der Waals surface area contributed by atoms with Gasteiger partial charge in [-0.25, -0.2) is 0 Å². The lowest BCUT2D eigenvalue weighted by atomic mass is 10.0. The second-order valence-corrected chi connectivity index (χ2v) is 5.33. The fourth-order valence-electron chi connectivity index (χ4n) is 1.77. The van der Waals surface area contributed by atoms with Crippen LogP contribution < -0.4 is 0 Å². The van der Waals surface area contributed by atoms with Gasteiger partial charge in [-0.2, -0.15) is 8.78 Å². The molecule has 2 nitrogen and oxygen atoms in total. The summed E-state index contributed by atoms with van der Waals surface area (Å²) < 4.78 is 32.0. The molecule has 0 rings (SSSR count). The van der Waals surface area contributed by atoms with Crippen LogP contribution in [0, 0.1) is 0 Å². The summed E-state index contributed by atoms with van der Waals surface area (Å²) in [6.07, 6.45) is 7.52. The van der Waals surface area contributed by atoms with Gasteiger partial charge in [-0.05, 0) is 25.8 Å². The fourth-order valence-corrected chi connectivity index (χ4v) is 2.04. The van der Waals surface area contributed by atoms with E-state index in [2.05, 4.69) is 0 Å². The minimum Gasteiger partial charge on any atom is -0.457 e. The van der Waals surface area contributed by atoms with Gasteiger partial charge in [0.15, 0.2) is 0 Å². The van der Waals surface area contributed by atoms with Gasteiger partial charge in [0.25, 0.3) is 5.66 Å². The van der Waals surface area contributed by atoms with E-state index in [-0.39, 0.29) is 17.6 Å². The summed E-state index contributed by atoms with van der Waals surface area (Å²) >= 11 is 0. The van der Waals surface area contributed by atoms with Crippen molar-refractivity contribution in [1.29, 1.82) is 0 Å². The Labute approximate surface area is 128 Å². The van der Waals surface area contributed by atoms with E-state index in [1.165, 1.54) is 21.4 Å². The molecule has 0 heterocycles. The summed E-state index contributed by atoms with van der Waals surface area (Å²) in [4.78, 5) is 11.5. The average Bonchev–Trinajstić information content (AvgIpc) is 2.41. The molecule has 0 spiro atoms. The number of esters is 1. The number of carbonyl (C=O) groups is 1. The second-order valence-electron chi connectivity index (χ2n) is 4.61. The molecule has 0 aliphatic heterocycles. The van der Waals surface area contributed by atoms with Crippen LogP contribution in [0.5, 0.6) is 0 Å². The zero-order valence-electron chi connectivity index (χ0n) is 13.2. The number of alkyl halides is 2. The van der Waals surface area contributed by atoms with Gasteiger partial charge in [0.05, 0.1) is 0 Å². The summed E-state index contributed by atoms with van der Waals surface area (Å²) in [6, 6.07) is 0. The molecule has 0 fully saturated rings. The van der Waals surface area contributed by atoms with Gasteiger partial charge in [0.2, 0.25) is 0 Å². The lowest BCUT2D eigenvalue weighted by molar-refractivity contribution is -0.147. The molecule has 0 saturated heterocycles. The van der Waals surface area contributed by atoms with Crippen molar-refractivity contribution in [2.24, 2.45) is 0 Å². The van der Waals surface area contributed by atoms with Crippen LogP contribution in [0.4, 0.5) is 8.78 Å². The number of allylic oxidation sites excluding steroid dienone is 4. The molecule has 2 unspecified atom stereocenters. The lowest BCUT2D eigenvalue weighted by Gasteiger charge is -2.19. The van der Waals surface area contributed by atoms with Crippen molar-refractivity contribution < 1.29 is 18.3 Å². The van der Waals surface area contributed by atoms with E-state index in [0.29, 0.717) is 12.8 Å². The molecule has 0 aliphatic rings. The van der Waals surface area contributed by atoms with Crippen LogP contribution in [0.15, 0.2) is 35.5 Å². The second kappa shape index (κ2) is 9.83. The molecule has 2 atom stereocenters. The molecular formula is C16H25F2O2P. The molecule has 21 heavy (non-hydrogen) atoms. The van der Waals surface area contributed by atoms with E-state index in [1.54, 1.807) is 32.9 Å². The molecule has 0 radical (unpaired) electrons. The normalized spacial score (nSPS) is 15.4. The van der Waals surface area contributed by atoms with Crippen molar-refractivity contribution in [3.8, 4) is 0 Å². The highest BCUT2D eigenvalue weighted by Gasteiger charge is 2.25. The molecule has 0 aliphatic carbocycles. The van der Waals surface area contributed by atoms with Crippen LogP contribution >= 0.6 is 9.24 Å². The Morgan fingerprint density at radius 3 is 2.24 bits per heavy atom. The van der Waals surface area contributed by atoms with Crippen molar-refractivity contribution in [1.82, 2.24) is 0 Å². The number of hydrogen-bond acceptors (Lipinski definition) is 2. The first-order valence-corrected chi connectivity index (χ1v) is 7.75. The number of ether oxygens (including phenoxy) is 1. The van der Waals surface area contributed by atoms with E-state index in [4.69, 9.17) is 4.74 Å². The maximum absolute atomic E-state index is 13.3. The Bertz CT molecular complexity index is 420. The van der Waals surface area contributed by atoms with Gasteiger partial charge in [0, 0.05) is 12.0 Å². The first kappa shape index (κ1) is 20.0. The van der Waals surface area contributed by atoms with Crippen molar-refractivity contribution in [2.45, 2.75) is 58.7 Å². The van der Waals surface area contributed by atoms with Gasteiger partial charge in [-0.15, -0.1) is 0 Å². The minimum atomic E-state index is -2.97. The molecule has 5 heteroatoms. The quantitative estimate of drug-likeness (QED) is 0.357. The van der Waals surface area contributed by atoms with Gasteiger partial charge < -0.3 is 4.74 Å². The topological polar surface area (TPSA) is 26.3 Å². The molecule has 0 aromatic heterocycles. The van der Waals surface area contributed by atoms with E-state index < -0.39 is 5.66 Å². The van der Waals surface area contributed by atoms with Crippen LogP contribution in [-0.2, 0) is 9.53 Å². The van der Waals surface area contributed by atoms with Crippen molar-refractivity contribution in [3.05, 3.63) is 35.5 Å². The molecular weight excluding hydrogens is 293 g/mol. The van der Waals surface area contributed by atoms with Gasteiger partial charge in [-0.1, -0.05) is 53.8 Å². The van der Waals surface area contributed by atoms with Crippen LogP contribution in [0.1, 0.15) is 47.0 Å². The highest BCUT2D eigenvalue weighted by Crippen LogP contribution is 2.32. The standard InChI is InChI=1S/C16H25F2O2P/c1-5-9-14(20-15(19)8-4)12(6-2)10-11-13(7-3)16(17,18)21/h6-7,10-11,14H,5,8-9,21H2,1-4H3/b11-10-,12-6+,13-7+. The maximum Gasteiger partial charge on any atom is 0.306 e. The number of halogens is 2. The largest absolute Gasteiger partial charge is 0.457 e. The smallest absolute Gasteiger partial charge is 0.306 e. The Morgan fingerprint density at radius 2 is 1.86 bits per heavy atom. The highest BCUT2D eigenvalue weighted by molar-refractivity contribution is 7.18. The van der Waals surface area contributed by atoms with E-state index in [0.717, 1.165) is 12.0 Å². The fraction of sp³-hybridized carbons (Fsp3) is 0.562. The van der Waals surface area contributed by atoms with E-state index in [9.17, 15) is 13.6 Å². The third-order valence-corrected chi connectivity index (χ3v) is 3.30. The summed E-state index contributed by atoms with van der Waals surface area (Å²) in [5.41, 5.74) is -2.33. The highest BCUT2D eigenvalue weighted by atomic mass is 31.0. The van der Waals surface area contributed by atoms with E-state index >= 15 is 0 Å². The van der Waals surface area contributed by atoms with Crippen molar-refractivity contribution >= 4 is 15.2 Å². The van der Waals surface area contributed by atoms with Crippen LogP contribution in [0.3, 0.4) is 0 Å². The molecule has 0 amide bonds. The predicted molar refractivity (Wildman–Crippen MR) is 86.4 cm³/mol. The Balaban J connectivity index is 5.15. The molecule has 120 valence electrons. The Kier molecular flexibility index (Phi) is 9.36. The molecule has 0 aromatic carbocycles. The first-order chi connectivity index (χ1) is 9.79. The third-order valence-electron chi connectivity index (χ3n) is 2.97. The lowest BCUT2D eigenvalue weighted by Crippen LogP contribution is -2.19. The minimum absolute atomic E-state index is 0.0936. The predicted octanol–water partition coefficient (Wildman–Crippen LogP) is 5.03. The molecule has 0 N–H and O–H groups in total. The van der Waals surface area contributed by atoms with Gasteiger partial charge in [0.1, 0.15) is 6.10 Å². The van der Waals surface area contributed by atoms with Crippen LogP contribution in [0.2, 0.25) is 0 Å². The zero-order chi connectivity index (χ0) is 16.5. The zero-order valence-corrected chi connectivity index (χ0v) is 14.3. The SMILES string of the molecule is C\C=C(/C=C\C(=C/C)C(F)(F)P)C(CCC)OC(=O)CC. The number of carbonyl (C=O) groups excluding carboxylic acids is 1. The van der Waals surface area contributed by atoms with Crippen molar-refractivity contribution in [2.75, 3.05) is 0 Å². The van der Waals surface area contributed by atoms with Crippen LogP contribution in [-0.4, -0.2) is 17.7 Å². The monoisotopic (exact) mass is 318 g/mol. The van der Waals surface area contributed by atoms with Crippen molar-refractivity contribution in [3.63, 3.8) is 0 Å². The Hall–Kier alpha value is -1.02. The summed E-state index contributed by atoms with van der Waals surface area (Å²) in [7, 11) is 1.52. The molecule has 0 saturated carbocycles. The van der Waals surface area contributed by atoms with Gasteiger partial charge >= 0.3 is 5.97 Å². The molecule has 0 bridgehead atoms. The summed E-state index contributed by atoms with van der Waals surface area (Å²) in [5, 5.41) is 0. The Morgan fingerprint density at radius 1 is 1.24 bits per heavy atom. The summed E-state index contributed by atoms with van der Waals surface area (Å²) in [6.45, 7) is 7.07. The van der Waals surface area contributed by atoms with Gasteiger partial charge in [-0.3, -0.25) is 4.79 Å². The number of rotatable bonds is 8. The maximum atomic E-state index is 13.3. The molecule has 0 aromatic rings.